The second kappa shape index (κ2) is 3.42. The molecule has 1 heterocycles. The molecule has 1 aromatic carbocycles. The summed E-state index contributed by atoms with van der Waals surface area (Å²) in [6.45, 7) is 1.96. The minimum absolute atomic E-state index is 0.124. The molecular weight excluding hydrogens is 179 g/mol. The first-order chi connectivity index (χ1) is 6.66. The van der Waals surface area contributed by atoms with Gasteiger partial charge in [-0.05, 0) is 37.1 Å². The Morgan fingerprint density at radius 3 is 3.00 bits per heavy atom. The number of nitrogens with one attached hydrogen (secondary N) is 1. The fourth-order valence-electron chi connectivity index (χ4n) is 1.67. The molecule has 1 aromatic heterocycles. The number of fused-ring (bicyclic) bond motifs is 1. The molecule has 3 N–H and O–H groups in total. The van der Waals surface area contributed by atoms with E-state index < -0.39 is 0 Å². The highest BCUT2D eigenvalue weighted by Crippen LogP contribution is 2.19. The summed E-state index contributed by atoms with van der Waals surface area (Å²) in [5.41, 5.74) is 7.70. The van der Waals surface area contributed by atoms with E-state index in [-0.39, 0.29) is 11.9 Å². The predicted octanol–water partition coefficient (Wildman–Crippen LogP) is 2.20. The molecule has 0 radical (unpaired) electrons. The van der Waals surface area contributed by atoms with Crippen LogP contribution in [0.5, 0.6) is 0 Å². The first-order valence-corrected chi connectivity index (χ1v) is 4.68. The Balaban J connectivity index is 2.47. The molecule has 74 valence electrons. The molecule has 0 aliphatic heterocycles. The second-order valence-corrected chi connectivity index (χ2v) is 3.69. The number of aromatic nitrogens is 1. The van der Waals surface area contributed by atoms with Gasteiger partial charge in [-0.2, -0.15) is 0 Å². The third kappa shape index (κ3) is 1.63. The predicted molar refractivity (Wildman–Crippen MR) is 55.6 cm³/mol. The molecule has 14 heavy (non-hydrogen) atoms. The quantitative estimate of drug-likeness (QED) is 0.752. The Labute approximate surface area is 81.9 Å². The average Bonchev–Trinajstić information content (AvgIpc) is 2.47. The summed E-state index contributed by atoms with van der Waals surface area (Å²) in [6.07, 6.45) is 2.71. The van der Waals surface area contributed by atoms with E-state index in [0.717, 1.165) is 22.9 Å². The summed E-state index contributed by atoms with van der Waals surface area (Å²) in [5, 5.41) is 1.06. The Morgan fingerprint density at radius 1 is 1.50 bits per heavy atom. The van der Waals surface area contributed by atoms with Gasteiger partial charge in [0, 0.05) is 23.1 Å². The van der Waals surface area contributed by atoms with E-state index in [4.69, 9.17) is 5.73 Å². The van der Waals surface area contributed by atoms with Crippen LogP contribution in [-0.4, -0.2) is 11.0 Å². The Morgan fingerprint density at radius 2 is 2.29 bits per heavy atom. The number of halogens is 1. The highest BCUT2D eigenvalue weighted by atomic mass is 19.1. The van der Waals surface area contributed by atoms with Gasteiger partial charge in [-0.15, -0.1) is 0 Å². The molecule has 0 spiro atoms. The van der Waals surface area contributed by atoms with Crippen molar-refractivity contribution in [2.45, 2.75) is 19.4 Å². The molecule has 0 saturated carbocycles. The molecule has 3 heteroatoms. The van der Waals surface area contributed by atoms with Gasteiger partial charge in [-0.25, -0.2) is 4.39 Å². The maximum Gasteiger partial charge on any atom is 0.125 e. The first-order valence-electron chi connectivity index (χ1n) is 4.68. The topological polar surface area (TPSA) is 41.8 Å². The molecule has 2 rings (SSSR count). The first kappa shape index (κ1) is 9.21. The van der Waals surface area contributed by atoms with Crippen molar-refractivity contribution in [3.63, 3.8) is 0 Å². The van der Waals surface area contributed by atoms with Crippen LogP contribution in [0.3, 0.4) is 0 Å². The van der Waals surface area contributed by atoms with Crippen molar-refractivity contribution < 1.29 is 4.39 Å². The minimum atomic E-state index is -0.216. The smallest absolute Gasteiger partial charge is 0.125 e. The Kier molecular flexibility index (Phi) is 2.25. The van der Waals surface area contributed by atoms with Crippen molar-refractivity contribution in [2.24, 2.45) is 5.73 Å². The zero-order valence-corrected chi connectivity index (χ0v) is 8.05. The lowest BCUT2D eigenvalue weighted by Crippen LogP contribution is -2.17. The van der Waals surface area contributed by atoms with E-state index in [2.05, 4.69) is 4.98 Å². The number of H-pyrrole nitrogens is 1. The monoisotopic (exact) mass is 192 g/mol. The number of nitrogens with two attached hydrogens (primary N) is 1. The summed E-state index contributed by atoms with van der Waals surface area (Å²) in [5.74, 6) is -0.216. The SMILES string of the molecule is C[C@H](N)Cc1c[nH]c2cc(F)ccc12. The molecule has 0 saturated heterocycles. The maximum atomic E-state index is 12.9. The van der Waals surface area contributed by atoms with E-state index in [1.807, 2.05) is 13.1 Å². The minimum Gasteiger partial charge on any atom is -0.361 e. The van der Waals surface area contributed by atoms with Crippen LogP contribution >= 0.6 is 0 Å². The standard InChI is InChI=1S/C11H13FN2/c1-7(13)4-8-6-14-11-5-9(12)2-3-10(8)11/h2-3,5-7,14H,4,13H2,1H3/t7-/m0/s1. The second-order valence-electron chi connectivity index (χ2n) is 3.69. The van der Waals surface area contributed by atoms with Gasteiger partial charge < -0.3 is 10.7 Å². The van der Waals surface area contributed by atoms with Crippen molar-refractivity contribution in [1.82, 2.24) is 4.98 Å². The van der Waals surface area contributed by atoms with Crippen molar-refractivity contribution in [2.75, 3.05) is 0 Å². The molecule has 2 nitrogen and oxygen atoms in total. The van der Waals surface area contributed by atoms with Crippen LogP contribution in [0.25, 0.3) is 10.9 Å². The van der Waals surface area contributed by atoms with E-state index in [1.165, 1.54) is 12.1 Å². The zero-order chi connectivity index (χ0) is 10.1. The largest absolute Gasteiger partial charge is 0.361 e. The van der Waals surface area contributed by atoms with Crippen LogP contribution in [0, 0.1) is 5.82 Å². The molecule has 0 unspecified atom stereocenters. The summed E-state index contributed by atoms with van der Waals surface area (Å²) in [6, 6.07) is 4.89. The fourth-order valence-corrected chi connectivity index (χ4v) is 1.67. The highest BCUT2D eigenvalue weighted by molar-refractivity contribution is 5.83. The van der Waals surface area contributed by atoms with E-state index >= 15 is 0 Å². The molecule has 0 fully saturated rings. The highest BCUT2D eigenvalue weighted by Gasteiger charge is 2.05. The van der Waals surface area contributed by atoms with Gasteiger partial charge in [0.1, 0.15) is 5.82 Å². The van der Waals surface area contributed by atoms with Crippen LogP contribution in [0.2, 0.25) is 0 Å². The van der Waals surface area contributed by atoms with Gasteiger partial charge in [0.2, 0.25) is 0 Å². The van der Waals surface area contributed by atoms with Gasteiger partial charge in [0.05, 0.1) is 0 Å². The van der Waals surface area contributed by atoms with Crippen molar-refractivity contribution in [3.05, 3.63) is 35.8 Å². The third-order valence-corrected chi connectivity index (χ3v) is 2.27. The summed E-state index contributed by atoms with van der Waals surface area (Å²) < 4.78 is 12.9. The van der Waals surface area contributed by atoms with Gasteiger partial charge in [0.25, 0.3) is 0 Å². The molecule has 0 amide bonds. The fraction of sp³-hybridized carbons (Fsp3) is 0.273. The van der Waals surface area contributed by atoms with Crippen LogP contribution in [0.1, 0.15) is 12.5 Å². The lowest BCUT2D eigenvalue weighted by molar-refractivity contribution is 0.629. The van der Waals surface area contributed by atoms with Gasteiger partial charge in [0.15, 0.2) is 0 Å². The van der Waals surface area contributed by atoms with Gasteiger partial charge in [-0.3, -0.25) is 0 Å². The maximum absolute atomic E-state index is 12.9. The van der Waals surface area contributed by atoms with Crippen molar-refractivity contribution in [3.8, 4) is 0 Å². The van der Waals surface area contributed by atoms with Crippen LogP contribution in [0.4, 0.5) is 4.39 Å². The zero-order valence-electron chi connectivity index (χ0n) is 8.05. The number of benzene rings is 1. The van der Waals surface area contributed by atoms with Gasteiger partial charge >= 0.3 is 0 Å². The lowest BCUT2D eigenvalue weighted by atomic mass is 10.1. The molecule has 0 bridgehead atoms. The number of hydrogen-bond donors (Lipinski definition) is 2. The molecular formula is C11H13FN2. The average molecular weight is 192 g/mol. The summed E-state index contributed by atoms with van der Waals surface area (Å²) in [4.78, 5) is 3.04. The Hall–Kier alpha value is -1.35. The summed E-state index contributed by atoms with van der Waals surface area (Å²) in [7, 11) is 0. The van der Waals surface area contributed by atoms with E-state index in [0.29, 0.717) is 0 Å². The van der Waals surface area contributed by atoms with E-state index in [9.17, 15) is 4.39 Å². The van der Waals surface area contributed by atoms with Crippen LogP contribution in [0.15, 0.2) is 24.4 Å². The number of aromatic amines is 1. The normalized spacial score (nSPS) is 13.4. The third-order valence-electron chi connectivity index (χ3n) is 2.27. The molecule has 1 atom stereocenters. The Bertz CT molecular complexity index is 445. The molecule has 0 aliphatic rings. The van der Waals surface area contributed by atoms with Crippen molar-refractivity contribution in [1.29, 1.82) is 0 Å². The van der Waals surface area contributed by atoms with Crippen LogP contribution in [-0.2, 0) is 6.42 Å². The molecule has 0 aliphatic carbocycles. The van der Waals surface area contributed by atoms with Gasteiger partial charge in [-0.1, -0.05) is 0 Å². The number of hydrogen-bond acceptors (Lipinski definition) is 1. The summed E-state index contributed by atoms with van der Waals surface area (Å²) >= 11 is 0. The van der Waals surface area contributed by atoms with Crippen molar-refractivity contribution >= 4 is 10.9 Å². The van der Waals surface area contributed by atoms with E-state index in [1.54, 1.807) is 6.07 Å². The molecule has 2 aromatic rings. The number of rotatable bonds is 2. The van der Waals surface area contributed by atoms with Crippen LogP contribution < -0.4 is 5.73 Å². The lowest BCUT2D eigenvalue weighted by Gasteiger charge is -2.02.